The highest BCUT2D eigenvalue weighted by molar-refractivity contribution is 5.97. The number of fused-ring (bicyclic) bond motifs is 2. The third-order valence-corrected chi connectivity index (χ3v) is 7.40. The Morgan fingerprint density at radius 1 is 0.892 bits per heavy atom. The van der Waals surface area contributed by atoms with Gasteiger partial charge in [-0.1, -0.05) is 44.2 Å². The van der Waals surface area contributed by atoms with Crippen LogP contribution in [0.3, 0.4) is 0 Å². The van der Waals surface area contributed by atoms with E-state index in [4.69, 9.17) is 33.7 Å². The number of benzene rings is 3. The summed E-state index contributed by atoms with van der Waals surface area (Å²) in [6.45, 7) is 7.19. The van der Waals surface area contributed by atoms with Gasteiger partial charge in [-0.3, -0.25) is 0 Å². The highest BCUT2D eigenvalue weighted by atomic mass is 16.6. The zero-order valence-corrected chi connectivity index (χ0v) is 22.3. The van der Waals surface area contributed by atoms with Gasteiger partial charge in [-0.15, -0.1) is 0 Å². The smallest absolute Gasteiger partial charge is 0.212 e. The van der Waals surface area contributed by atoms with Crippen LogP contribution in [-0.2, 0) is 15.9 Å². The quantitative estimate of drug-likeness (QED) is 0.447. The number of aliphatic imine (C=N–C) groups is 2. The van der Waals surface area contributed by atoms with Gasteiger partial charge >= 0.3 is 0 Å². The summed E-state index contributed by atoms with van der Waals surface area (Å²) in [5.41, 5.74) is 2.28. The number of hydrogen-bond donors (Lipinski definition) is 0. The molecule has 37 heavy (non-hydrogen) atoms. The molecule has 0 bridgehead atoms. The van der Waals surface area contributed by atoms with Crippen molar-refractivity contribution in [2.45, 2.75) is 38.8 Å². The second-order valence-electron chi connectivity index (χ2n) is 9.84. The summed E-state index contributed by atoms with van der Waals surface area (Å²) in [6, 6.07) is 16.3. The minimum Gasteiger partial charge on any atom is -0.496 e. The summed E-state index contributed by atoms with van der Waals surface area (Å²) in [4.78, 5) is 9.88. The maximum Gasteiger partial charge on any atom is 0.212 e. The molecule has 0 spiro atoms. The van der Waals surface area contributed by atoms with Gasteiger partial charge < -0.3 is 23.7 Å². The molecule has 7 nitrogen and oxygen atoms in total. The fourth-order valence-electron chi connectivity index (χ4n) is 5.00. The Morgan fingerprint density at radius 2 is 1.59 bits per heavy atom. The van der Waals surface area contributed by atoms with Gasteiger partial charge in [0, 0.05) is 23.1 Å². The second kappa shape index (κ2) is 9.96. The lowest BCUT2D eigenvalue weighted by Gasteiger charge is -2.35. The van der Waals surface area contributed by atoms with E-state index < -0.39 is 5.54 Å². The lowest BCUT2D eigenvalue weighted by Crippen LogP contribution is -2.47. The van der Waals surface area contributed by atoms with E-state index in [0.29, 0.717) is 37.2 Å². The fourth-order valence-corrected chi connectivity index (χ4v) is 5.00. The molecule has 2 heterocycles. The van der Waals surface area contributed by atoms with Crippen LogP contribution in [-0.4, -0.2) is 57.9 Å². The molecule has 0 saturated carbocycles. The molecule has 0 saturated heterocycles. The van der Waals surface area contributed by atoms with Gasteiger partial charge in [0.05, 0.1) is 21.3 Å². The normalized spacial score (nSPS) is 20.9. The van der Waals surface area contributed by atoms with Crippen molar-refractivity contribution in [1.29, 1.82) is 0 Å². The van der Waals surface area contributed by atoms with E-state index in [9.17, 15) is 0 Å². The molecule has 2 atom stereocenters. The summed E-state index contributed by atoms with van der Waals surface area (Å²) in [5.74, 6) is 3.61. The molecular weight excluding hydrogens is 468 g/mol. The SMILES string of the molecule is COC1=N[C@](C)(C(C)C)C(OC)=N[C@H]1Cc1ccc(-c2cc3ccccc3cc2OC)c2c1OCCO2. The molecule has 0 aromatic heterocycles. The molecule has 194 valence electrons. The van der Waals surface area contributed by atoms with Crippen molar-refractivity contribution in [3.05, 3.63) is 54.1 Å². The molecule has 3 aromatic rings. The molecule has 7 heteroatoms. The van der Waals surface area contributed by atoms with Crippen LogP contribution in [0.15, 0.2) is 58.5 Å². The van der Waals surface area contributed by atoms with Gasteiger partial charge in [-0.25, -0.2) is 9.98 Å². The van der Waals surface area contributed by atoms with Crippen molar-refractivity contribution in [2.24, 2.45) is 15.9 Å². The first-order valence-corrected chi connectivity index (χ1v) is 12.6. The Bertz CT molecular complexity index is 1380. The van der Waals surface area contributed by atoms with Crippen LogP contribution in [0.1, 0.15) is 26.3 Å². The molecule has 0 amide bonds. The van der Waals surface area contributed by atoms with Gasteiger partial charge in [0.2, 0.25) is 11.8 Å². The Morgan fingerprint density at radius 3 is 2.24 bits per heavy atom. The first-order valence-electron chi connectivity index (χ1n) is 12.6. The van der Waals surface area contributed by atoms with Crippen LogP contribution < -0.4 is 14.2 Å². The number of ether oxygens (including phenoxy) is 5. The van der Waals surface area contributed by atoms with Crippen molar-refractivity contribution in [3.8, 4) is 28.4 Å². The maximum atomic E-state index is 6.21. The van der Waals surface area contributed by atoms with Crippen LogP contribution in [0.25, 0.3) is 21.9 Å². The molecule has 3 aromatic carbocycles. The summed E-state index contributed by atoms with van der Waals surface area (Å²) < 4.78 is 29.6. The fraction of sp³-hybridized carbons (Fsp3) is 0.400. The number of rotatable bonds is 5. The minimum absolute atomic E-state index is 0.193. The van der Waals surface area contributed by atoms with Crippen LogP contribution in [0, 0.1) is 5.92 Å². The molecule has 0 fully saturated rings. The lowest BCUT2D eigenvalue weighted by atomic mass is 9.87. The summed E-state index contributed by atoms with van der Waals surface area (Å²) >= 11 is 0. The van der Waals surface area contributed by atoms with Gasteiger partial charge in [0.1, 0.15) is 30.5 Å². The average molecular weight is 503 g/mol. The summed E-state index contributed by atoms with van der Waals surface area (Å²) in [5, 5.41) is 2.25. The van der Waals surface area contributed by atoms with Gasteiger partial charge in [0.15, 0.2) is 11.5 Å². The topological polar surface area (TPSA) is 70.9 Å². The van der Waals surface area contributed by atoms with Gasteiger partial charge in [0.25, 0.3) is 0 Å². The predicted octanol–water partition coefficient (Wildman–Crippen LogP) is 5.72. The second-order valence-corrected chi connectivity index (χ2v) is 9.84. The van der Waals surface area contributed by atoms with Crippen molar-refractivity contribution >= 4 is 22.6 Å². The molecule has 2 aliphatic rings. The Labute approximate surface area is 218 Å². The summed E-state index contributed by atoms with van der Waals surface area (Å²) in [6.07, 6.45) is 0.536. The Kier molecular flexibility index (Phi) is 6.71. The highest BCUT2D eigenvalue weighted by Crippen LogP contribution is 2.46. The maximum absolute atomic E-state index is 6.21. The monoisotopic (exact) mass is 502 g/mol. The predicted molar refractivity (Wildman–Crippen MR) is 147 cm³/mol. The number of hydrogen-bond acceptors (Lipinski definition) is 7. The van der Waals surface area contributed by atoms with Crippen LogP contribution in [0.2, 0.25) is 0 Å². The molecule has 0 unspecified atom stereocenters. The molecule has 0 aliphatic carbocycles. The third-order valence-electron chi connectivity index (χ3n) is 7.40. The van der Waals surface area contributed by atoms with E-state index in [1.54, 1.807) is 21.3 Å². The molecule has 5 rings (SSSR count). The number of nitrogens with zero attached hydrogens (tertiary/aromatic N) is 2. The van der Waals surface area contributed by atoms with E-state index in [1.165, 1.54) is 0 Å². The van der Waals surface area contributed by atoms with Gasteiger partial charge in [-0.05, 0) is 41.8 Å². The lowest BCUT2D eigenvalue weighted by molar-refractivity contribution is 0.170. The van der Waals surface area contributed by atoms with E-state index in [0.717, 1.165) is 39.0 Å². The van der Waals surface area contributed by atoms with Crippen molar-refractivity contribution in [3.63, 3.8) is 0 Å². The van der Waals surface area contributed by atoms with Crippen LogP contribution in [0.4, 0.5) is 0 Å². The Balaban J connectivity index is 1.57. The molecule has 2 aliphatic heterocycles. The minimum atomic E-state index is -0.577. The van der Waals surface area contributed by atoms with Gasteiger partial charge in [-0.2, -0.15) is 0 Å². The van der Waals surface area contributed by atoms with E-state index >= 15 is 0 Å². The van der Waals surface area contributed by atoms with E-state index in [-0.39, 0.29) is 12.0 Å². The standard InChI is InChI=1S/C30H34N2O5/c1-18(2)30(3)29(35-6)31-24(28(32-30)34-5)16-21-11-12-22(27-26(21)36-13-14-37-27)23-15-19-9-7-8-10-20(19)17-25(23)33-4/h7-12,15,17-18,24H,13-14,16H2,1-6H3/t24-,30+/m0/s1. The van der Waals surface area contributed by atoms with Crippen molar-refractivity contribution in [2.75, 3.05) is 34.5 Å². The first kappa shape index (κ1) is 24.9. The zero-order valence-electron chi connectivity index (χ0n) is 22.3. The molecular formula is C30H34N2O5. The van der Waals surface area contributed by atoms with Crippen molar-refractivity contribution < 1.29 is 23.7 Å². The highest BCUT2D eigenvalue weighted by Gasteiger charge is 2.41. The van der Waals surface area contributed by atoms with E-state index in [2.05, 4.69) is 50.2 Å². The zero-order chi connectivity index (χ0) is 26.2. The van der Waals surface area contributed by atoms with E-state index in [1.807, 2.05) is 19.1 Å². The van der Waals surface area contributed by atoms with Crippen LogP contribution in [0.5, 0.6) is 17.2 Å². The number of methoxy groups -OCH3 is 3. The first-order chi connectivity index (χ1) is 17.9. The van der Waals surface area contributed by atoms with Crippen molar-refractivity contribution in [1.82, 2.24) is 0 Å². The molecule has 0 N–H and O–H groups in total. The summed E-state index contributed by atoms with van der Waals surface area (Å²) in [7, 11) is 4.98. The average Bonchev–Trinajstić information content (AvgIpc) is 2.93. The van der Waals surface area contributed by atoms with Crippen LogP contribution >= 0.6 is 0 Å². The molecule has 0 radical (unpaired) electrons. The largest absolute Gasteiger partial charge is 0.496 e. The Hall–Kier alpha value is -3.74. The third kappa shape index (κ3) is 4.37.